The zero-order chi connectivity index (χ0) is 16.5. The molecule has 0 saturated carbocycles. The Morgan fingerprint density at radius 3 is 2.41 bits per heavy atom. The average Bonchev–Trinajstić information content (AvgIpc) is 2.50. The van der Waals surface area contributed by atoms with Gasteiger partial charge in [0, 0.05) is 5.56 Å². The highest BCUT2D eigenvalue weighted by Crippen LogP contribution is 2.28. The van der Waals surface area contributed by atoms with Crippen molar-refractivity contribution in [1.82, 2.24) is 0 Å². The normalized spacial score (nSPS) is 9.91. The number of carbonyl (C=O) groups excluding carboxylic acids is 2. The van der Waals surface area contributed by atoms with Crippen LogP contribution in [0.3, 0.4) is 0 Å². The minimum atomic E-state index is -1.17. The number of benzene rings is 1. The summed E-state index contributed by atoms with van der Waals surface area (Å²) < 4.78 is 15.0. The average molecular weight is 311 g/mol. The molecule has 0 bridgehead atoms. The van der Waals surface area contributed by atoms with Gasteiger partial charge in [-0.3, -0.25) is 4.79 Å². The maximum absolute atomic E-state index is 11.6. The number of rotatable bonds is 9. The Morgan fingerprint density at radius 1 is 1.14 bits per heavy atom. The van der Waals surface area contributed by atoms with E-state index in [-0.39, 0.29) is 36.0 Å². The van der Waals surface area contributed by atoms with Gasteiger partial charge < -0.3 is 25.1 Å². The van der Waals surface area contributed by atoms with E-state index in [1.54, 1.807) is 6.92 Å². The first-order chi connectivity index (χ1) is 10.5. The van der Waals surface area contributed by atoms with Gasteiger partial charge in [0.2, 0.25) is 0 Å². The number of hydrogen-bond acceptors (Lipinski definition) is 7. The van der Waals surface area contributed by atoms with E-state index in [2.05, 4.69) is 0 Å². The van der Waals surface area contributed by atoms with Crippen LogP contribution in [0.5, 0.6) is 11.5 Å². The van der Waals surface area contributed by atoms with E-state index < -0.39 is 25.2 Å². The van der Waals surface area contributed by atoms with Crippen LogP contribution in [0, 0.1) is 0 Å². The third kappa shape index (κ3) is 5.41. The standard InChI is InChI=1S/C14H17NO7/c1-2-20-14(19)8-22-12-5-9(10(16)6-15)3-4-11(12)21-7-13(17)18/h3-5H,2,6-8,15H2,1H3,(H,17,18). The highest BCUT2D eigenvalue weighted by molar-refractivity contribution is 5.98. The molecule has 0 radical (unpaired) electrons. The number of hydrogen-bond donors (Lipinski definition) is 2. The summed E-state index contributed by atoms with van der Waals surface area (Å²) in [6, 6.07) is 4.15. The summed E-state index contributed by atoms with van der Waals surface area (Å²) >= 11 is 0. The fraction of sp³-hybridized carbons (Fsp3) is 0.357. The molecule has 22 heavy (non-hydrogen) atoms. The smallest absolute Gasteiger partial charge is 0.344 e. The molecular formula is C14H17NO7. The van der Waals surface area contributed by atoms with Gasteiger partial charge in [-0.15, -0.1) is 0 Å². The van der Waals surface area contributed by atoms with Gasteiger partial charge in [0.1, 0.15) is 0 Å². The molecule has 0 heterocycles. The summed E-state index contributed by atoms with van der Waals surface area (Å²) in [5, 5.41) is 8.62. The molecule has 0 fully saturated rings. The van der Waals surface area contributed by atoms with Gasteiger partial charge in [-0.05, 0) is 25.1 Å². The second-order valence-corrected chi connectivity index (χ2v) is 4.06. The summed E-state index contributed by atoms with van der Waals surface area (Å²) in [6.45, 7) is 0.695. The number of carboxylic acids is 1. The SMILES string of the molecule is CCOC(=O)COc1cc(C(=O)CN)ccc1OCC(=O)O. The van der Waals surface area contributed by atoms with Crippen molar-refractivity contribution in [3.8, 4) is 11.5 Å². The van der Waals surface area contributed by atoms with Crippen LogP contribution in [0.25, 0.3) is 0 Å². The second kappa shape index (κ2) is 8.63. The van der Waals surface area contributed by atoms with E-state index in [1.165, 1.54) is 18.2 Å². The Hall–Kier alpha value is -2.61. The number of ether oxygens (including phenoxy) is 3. The molecule has 8 nitrogen and oxygen atoms in total. The van der Waals surface area contributed by atoms with E-state index in [9.17, 15) is 14.4 Å². The van der Waals surface area contributed by atoms with Crippen LogP contribution in [-0.2, 0) is 14.3 Å². The molecule has 1 aromatic rings. The van der Waals surface area contributed by atoms with Crippen LogP contribution in [0.15, 0.2) is 18.2 Å². The van der Waals surface area contributed by atoms with E-state index in [0.29, 0.717) is 0 Å². The Bertz CT molecular complexity index is 556. The predicted molar refractivity (Wildman–Crippen MR) is 75.1 cm³/mol. The van der Waals surface area contributed by atoms with Crippen molar-refractivity contribution in [1.29, 1.82) is 0 Å². The molecule has 0 aromatic heterocycles. The van der Waals surface area contributed by atoms with Crippen LogP contribution >= 0.6 is 0 Å². The van der Waals surface area contributed by atoms with Crippen LogP contribution in [-0.4, -0.2) is 49.2 Å². The lowest BCUT2D eigenvalue weighted by Gasteiger charge is -2.12. The minimum Gasteiger partial charge on any atom is -0.479 e. The monoisotopic (exact) mass is 311 g/mol. The molecule has 8 heteroatoms. The molecule has 0 unspecified atom stereocenters. The van der Waals surface area contributed by atoms with Crippen LogP contribution < -0.4 is 15.2 Å². The van der Waals surface area contributed by atoms with Gasteiger partial charge in [-0.1, -0.05) is 0 Å². The number of carbonyl (C=O) groups is 3. The predicted octanol–water partition coefficient (Wildman–Crippen LogP) is 0.233. The fourth-order valence-electron chi connectivity index (χ4n) is 1.51. The van der Waals surface area contributed by atoms with E-state index in [1.807, 2.05) is 0 Å². The molecule has 120 valence electrons. The number of carboxylic acid groups (broad SMARTS) is 1. The molecule has 3 N–H and O–H groups in total. The van der Waals surface area contributed by atoms with Crippen LogP contribution in [0.2, 0.25) is 0 Å². The molecule has 0 atom stereocenters. The van der Waals surface area contributed by atoms with Gasteiger partial charge in [0.25, 0.3) is 0 Å². The first-order valence-electron chi connectivity index (χ1n) is 6.48. The second-order valence-electron chi connectivity index (χ2n) is 4.06. The van der Waals surface area contributed by atoms with Crippen LogP contribution in [0.1, 0.15) is 17.3 Å². The van der Waals surface area contributed by atoms with E-state index in [4.69, 9.17) is 25.1 Å². The quantitative estimate of drug-likeness (QED) is 0.490. The van der Waals surface area contributed by atoms with Gasteiger partial charge in [0.05, 0.1) is 13.2 Å². The van der Waals surface area contributed by atoms with Crippen molar-refractivity contribution in [2.24, 2.45) is 5.73 Å². The third-order valence-electron chi connectivity index (χ3n) is 2.45. The largest absolute Gasteiger partial charge is 0.479 e. The van der Waals surface area contributed by atoms with E-state index >= 15 is 0 Å². The Morgan fingerprint density at radius 2 is 1.82 bits per heavy atom. The summed E-state index contributed by atoms with van der Waals surface area (Å²) in [6.07, 6.45) is 0. The first-order valence-corrected chi connectivity index (χ1v) is 6.48. The molecule has 1 aromatic carbocycles. The number of ketones is 1. The van der Waals surface area contributed by atoms with Crippen molar-refractivity contribution in [2.45, 2.75) is 6.92 Å². The first kappa shape index (κ1) is 17.4. The number of nitrogens with two attached hydrogens (primary N) is 1. The summed E-state index contributed by atoms with van der Waals surface area (Å²) in [7, 11) is 0. The van der Waals surface area contributed by atoms with Crippen molar-refractivity contribution in [3.05, 3.63) is 23.8 Å². The van der Waals surface area contributed by atoms with Crippen molar-refractivity contribution >= 4 is 17.7 Å². The lowest BCUT2D eigenvalue weighted by Crippen LogP contribution is -2.17. The summed E-state index contributed by atoms with van der Waals surface area (Å²) in [4.78, 5) is 33.4. The molecule has 0 spiro atoms. The Balaban J connectivity index is 2.92. The molecular weight excluding hydrogens is 294 g/mol. The molecule has 0 aliphatic rings. The fourth-order valence-corrected chi connectivity index (χ4v) is 1.51. The lowest BCUT2D eigenvalue weighted by molar-refractivity contribution is -0.145. The van der Waals surface area contributed by atoms with Crippen molar-refractivity contribution < 1.29 is 33.7 Å². The molecule has 0 amide bonds. The molecule has 0 saturated heterocycles. The number of esters is 1. The summed E-state index contributed by atoms with van der Waals surface area (Å²) in [5.74, 6) is -1.93. The maximum atomic E-state index is 11.6. The zero-order valence-electron chi connectivity index (χ0n) is 12.0. The van der Waals surface area contributed by atoms with Crippen molar-refractivity contribution in [2.75, 3.05) is 26.4 Å². The highest BCUT2D eigenvalue weighted by Gasteiger charge is 2.13. The molecule has 1 rings (SSSR count). The summed E-state index contributed by atoms with van der Waals surface area (Å²) in [5.41, 5.74) is 5.55. The maximum Gasteiger partial charge on any atom is 0.344 e. The van der Waals surface area contributed by atoms with E-state index in [0.717, 1.165) is 0 Å². The minimum absolute atomic E-state index is 0.0635. The Kier molecular flexibility index (Phi) is 6.84. The highest BCUT2D eigenvalue weighted by atomic mass is 16.6. The topological polar surface area (TPSA) is 125 Å². The van der Waals surface area contributed by atoms with Gasteiger partial charge in [-0.2, -0.15) is 0 Å². The number of aliphatic carboxylic acids is 1. The van der Waals surface area contributed by atoms with Crippen molar-refractivity contribution in [3.63, 3.8) is 0 Å². The van der Waals surface area contributed by atoms with Crippen LogP contribution in [0.4, 0.5) is 0 Å². The molecule has 0 aliphatic heterocycles. The Labute approximate surface area is 126 Å². The molecule has 0 aliphatic carbocycles. The van der Waals surface area contributed by atoms with Gasteiger partial charge >= 0.3 is 11.9 Å². The zero-order valence-corrected chi connectivity index (χ0v) is 12.0. The van der Waals surface area contributed by atoms with Gasteiger partial charge in [-0.25, -0.2) is 9.59 Å². The number of Topliss-reactive ketones (excluding diaryl/α,β-unsaturated/α-hetero) is 1. The van der Waals surface area contributed by atoms with Gasteiger partial charge in [0.15, 0.2) is 30.5 Å². The third-order valence-corrected chi connectivity index (χ3v) is 2.45. The lowest BCUT2D eigenvalue weighted by atomic mass is 10.1.